The third-order valence-electron chi connectivity index (χ3n) is 2.22. The second kappa shape index (κ2) is 7.62. The van der Waals surface area contributed by atoms with Gasteiger partial charge in [-0.3, -0.25) is 0 Å². The van der Waals surface area contributed by atoms with Crippen molar-refractivity contribution in [2.24, 2.45) is 0 Å². The number of hydrogen-bond acceptors (Lipinski definition) is 3. The highest BCUT2D eigenvalue weighted by Gasteiger charge is 2.13. The fourth-order valence-electron chi connectivity index (χ4n) is 1.33. The zero-order chi connectivity index (χ0) is 14.1. The summed E-state index contributed by atoms with van der Waals surface area (Å²) in [4.78, 5) is 17.5. The number of urea groups is 1. The van der Waals surface area contributed by atoms with E-state index in [0.717, 1.165) is 0 Å². The van der Waals surface area contributed by atoms with Crippen LogP contribution in [0.3, 0.4) is 0 Å². The maximum Gasteiger partial charge on any atom is 0.323 e. The Morgan fingerprint density at radius 2 is 2.37 bits per heavy atom. The minimum Gasteiger partial charge on any atom is -0.480 e. The predicted molar refractivity (Wildman–Crippen MR) is 73.7 cm³/mol. The molecule has 0 aromatic carbocycles. The van der Waals surface area contributed by atoms with Gasteiger partial charge in [-0.25, -0.2) is 9.78 Å². The van der Waals surface area contributed by atoms with E-state index in [1.54, 1.807) is 25.3 Å². The van der Waals surface area contributed by atoms with Gasteiger partial charge in [-0.05, 0) is 19.1 Å². The van der Waals surface area contributed by atoms with Gasteiger partial charge in [0.05, 0.1) is 20.2 Å². The number of aromatic nitrogens is 1. The molecule has 98 valence electrons. The fraction of sp³-hybridized carbons (Fsp3) is 0.286. The molecule has 0 atom stereocenters. The van der Waals surface area contributed by atoms with E-state index < -0.39 is 0 Å². The van der Waals surface area contributed by atoms with Crippen LogP contribution in [-0.4, -0.2) is 36.1 Å². The van der Waals surface area contributed by atoms with E-state index in [-0.39, 0.29) is 19.1 Å². The van der Waals surface area contributed by atoms with Gasteiger partial charge in [0.1, 0.15) is 5.69 Å². The highest BCUT2D eigenvalue weighted by Crippen LogP contribution is 2.19. The molecule has 0 spiro atoms. The van der Waals surface area contributed by atoms with Gasteiger partial charge in [0.2, 0.25) is 5.88 Å². The van der Waals surface area contributed by atoms with Gasteiger partial charge in [-0.1, -0.05) is 11.8 Å². The second-order valence-corrected chi connectivity index (χ2v) is 3.48. The van der Waals surface area contributed by atoms with Crippen LogP contribution in [0.15, 0.2) is 18.3 Å². The first-order valence-electron chi connectivity index (χ1n) is 5.61. The molecule has 2 amide bonds. The maximum absolute atomic E-state index is 12.0. The Morgan fingerprint density at radius 3 is 3.00 bits per heavy atom. The first kappa shape index (κ1) is 14.4. The molecule has 0 aliphatic carbocycles. The molecule has 0 aliphatic heterocycles. The second-order valence-electron chi connectivity index (χ2n) is 3.48. The molecule has 0 saturated carbocycles. The van der Waals surface area contributed by atoms with Crippen LogP contribution < -0.4 is 10.1 Å². The van der Waals surface area contributed by atoms with Gasteiger partial charge >= 0.3 is 6.03 Å². The van der Waals surface area contributed by atoms with Crippen molar-refractivity contribution in [2.75, 3.05) is 25.5 Å². The number of terminal acetylenes is 1. The summed E-state index contributed by atoms with van der Waals surface area (Å²) in [6, 6.07) is 3.06. The van der Waals surface area contributed by atoms with Crippen LogP contribution in [0, 0.1) is 24.2 Å². The van der Waals surface area contributed by atoms with Crippen LogP contribution in [0.5, 0.6) is 5.88 Å². The summed E-state index contributed by atoms with van der Waals surface area (Å²) in [7, 11) is 1.49. The van der Waals surface area contributed by atoms with Crippen molar-refractivity contribution in [2.45, 2.75) is 6.92 Å². The first-order chi connectivity index (χ1) is 9.22. The standard InChI is InChI=1S/C14H15N3O2/c1-4-6-11-17(10-5-2)14(18)16-12-8-7-9-15-13(12)19-3/h2,7-9H,10-11H2,1,3H3,(H,16,18). The lowest BCUT2D eigenvalue weighted by Gasteiger charge is -2.18. The van der Waals surface area contributed by atoms with Crippen molar-refractivity contribution in [3.05, 3.63) is 18.3 Å². The first-order valence-corrected chi connectivity index (χ1v) is 5.61. The molecule has 0 fully saturated rings. The highest BCUT2D eigenvalue weighted by atomic mass is 16.5. The quantitative estimate of drug-likeness (QED) is 0.833. The number of amides is 2. The van der Waals surface area contributed by atoms with Crippen molar-refractivity contribution in [3.63, 3.8) is 0 Å². The van der Waals surface area contributed by atoms with Crippen molar-refractivity contribution in [1.82, 2.24) is 9.88 Å². The molecule has 1 aromatic rings. The van der Waals surface area contributed by atoms with Gasteiger partial charge in [-0.2, -0.15) is 0 Å². The minimum absolute atomic E-state index is 0.184. The normalized spacial score (nSPS) is 8.68. The van der Waals surface area contributed by atoms with E-state index >= 15 is 0 Å². The maximum atomic E-state index is 12.0. The van der Waals surface area contributed by atoms with Crippen LogP contribution in [0.25, 0.3) is 0 Å². The Balaban J connectivity index is 2.80. The molecule has 5 nitrogen and oxygen atoms in total. The molecule has 5 heteroatoms. The average Bonchev–Trinajstić information content (AvgIpc) is 2.44. The minimum atomic E-state index is -0.341. The number of pyridine rings is 1. The van der Waals surface area contributed by atoms with Gasteiger partial charge in [0.25, 0.3) is 0 Å². The average molecular weight is 257 g/mol. The molecule has 19 heavy (non-hydrogen) atoms. The largest absolute Gasteiger partial charge is 0.480 e. The molecule has 1 rings (SSSR count). The van der Waals surface area contributed by atoms with Crippen LogP contribution in [-0.2, 0) is 0 Å². The topological polar surface area (TPSA) is 54.5 Å². The number of hydrogen-bond donors (Lipinski definition) is 1. The summed E-state index contributed by atoms with van der Waals surface area (Å²) >= 11 is 0. The van der Waals surface area contributed by atoms with Crippen molar-refractivity contribution < 1.29 is 9.53 Å². The van der Waals surface area contributed by atoms with E-state index in [9.17, 15) is 4.79 Å². The summed E-state index contributed by atoms with van der Waals surface area (Å²) in [6.07, 6.45) is 6.81. The Labute approximate surface area is 113 Å². The number of rotatable bonds is 4. The SMILES string of the molecule is C#CCN(CC#CC)C(=O)Nc1cccnc1OC. The smallest absolute Gasteiger partial charge is 0.323 e. The van der Waals surface area contributed by atoms with Gasteiger partial charge in [0, 0.05) is 6.20 Å². The van der Waals surface area contributed by atoms with E-state index in [2.05, 4.69) is 28.1 Å². The molecule has 1 N–H and O–H groups in total. The number of nitrogens with zero attached hydrogens (tertiary/aromatic N) is 2. The van der Waals surface area contributed by atoms with E-state index in [4.69, 9.17) is 11.2 Å². The number of methoxy groups -OCH3 is 1. The summed E-state index contributed by atoms with van der Waals surface area (Å²) in [5.74, 6) is 8.29. The lowest BCUT2D eigenvalue weighted by atomic mass is 10.4. The van der Waals surface area contributed by atoms with Crippen molar-refractivity contribution >= 4 is 11.7 Å². The molecule has 0 radical (unpaired) electrons. The van der Waals surface area contributed by atoms with Gasteiger partial charge in [0.15, 0.2) is 0 Å². The van der Waals surface area contributed by atoms with Crippen molar-refractivity contribution in [1.29, 1.82) is 0 Å². The van der Waals surface area contributed by atoms with E-state index in [1.165, 1.54) is 12.0 Å². The fourth-order valence-corrected chi connectivity index (χ4v) is 1.33. The Hall–Kier alpha value is -2.66. The monoisotopic (exact) mass is 257 g/mol. The zero-order valence-electron chi connectivity index (χ0n) is 10.9. The van der Waals surface area contributed by atoms with E-state index in [1.807, 2.05) is 0 Å². The zero-order valence-corrected chi connectivity index (χ0v) is 10.9. The van der Waals surface area contributed by atoms with Gasteiger partial charge in [-0.15, -0.1) is 12.3 Å². The Kier molecular flexibility index (Phi) is 5.78. The third kappa shape index (κ3) is 4.25. The summed E-state index contributed by atoms with van der Waals surface area (Å²) in [5, 5.41) is 2.69. The molecule has 0 unspecified atom stereocenters. The molecule has 1 heterocycles. The van der Waals surface area contributed by atoms with Crippen LogP contribution in [0.2, 0.25) is 0 Å². The lowest BCUT2D eigenvalue weighted by molar-refractivity contribution is 0.223. The molecular formula is C14H15N3O2. The predicted octanol–water partition coefficient (Wildman–Crippen LogP) is 1.58. The molecule has 0 aliphatic rings. The summed E-state index contributed by atoms with van der Waals surface area (Å²) in [5.41, 5.74) is 0.487. The number of ether oxygens (including phenoxy) is 1. The Morgan fingerprint density at radius 1 is 1.58 bits per heavy atom. The van der Waals surface area contributed by atoms with Crippen molar-refractivity contribution in [3.8, 4) is 30.1 Å². The Bertz CT molecular complexity index is 538. The van der Waals surface area contributed by atoms with E-state index in [0.29, 0.717) is 11.6 Å². The lowest BCUT2D eigenvalue weighted by Crippen LogP contribution is -2.35. The number of anilines is 1. The molecular weight excluding hydrogens is 242 g/mol. The van der Waals surface area contributed by atoms with Gasteiger partial charge < -0.3 is 15.0 Å². The molecule has 1 aromatic heterocycles. The number of nitrogens with one attached hydrogen (secondary N) is 1. The van der Waals surface area contributed by atoms with Crippen LogP contribution in [0.1, 0.15) is 6.92 Å². The third-order valence-corrected chi connectivity index (χ3v) is 2.22. The summed E-state index contributed by atoms with van der Waals surface area (Å²) < 4.78 is 5.05. The molecule has 0 saturated heterocycles. The molecule has 0 bridgehead atoms. The van der Waals surface area contributed by atoms with Crippen LogP contribution in [0.4, 0.5) is 10.5 Å². The summed E-state index contributed by atoms with van der Waals surface area (Å²) in [6.45, 7) is 2.16. The van der Waals surface area contributed by atoms with Crippen LogP contribution >= 0.6 is 0 Å². The number of carbonyl (C=O) groups excluding carboxylic acids is 1. The number of carbonyl (C=O) groups is 1. The highest BCUT2D eigenvalue weighted by molar-refractivity contribution is 5.90.